The topological polar surface area (TPSA) is 39.5 Å². The molecule has 0 aliphatic carbocycles. The number of hydrogen-bond acceptors (Lipinski definition) is 3. The van der Waals surface area contributed by atoms with Crippen LogP contribution in [-0.4, -0.2) is 16.1 Å². The molecule has 0 aromatic heterocycles. The first-order chi connectivity index (χ1) is 16.2. The summed E-state index contributed by atoms with van der Waals surface area (Å²) in [5, 5.41) is 9.45. The van der Waals surface area contributed by atoms with Crippen LogP contribution in [0.1, 0.15) is 22.7 Å². The predicted octanol–water partition coefficient (Wildman–Crippen LogP) is 7.41. The monoisotopic (exact) mass is 447 g/mol. The normalized spacial score (nSPS) is 18.5. The zero-order chi connectivity index (χ0) is 22.6. The maximum atomic E-state index is 8.95. The molecule has 0 radical (unpaired) electrons. The van der Waals surface area contributed by atoms with E-state index in [9.17, 15) is 0 Å². The molecule has 2 atom stereocenters. The van der Waals surface area contributed by atoms with E-state index >= 15 is 0 Å². The number of aryl methyl sites for hydroxylation is 1. The number of benzene rings is 4. The lowest BCUT2D eigenvalue weighted by atomic mass is 9.95. The Morgan fingerprint density at radius 2 is 1.33 bits per heavy atom. The van der Waals surface area contributed by atoms with Gasteiger partial charge >= 0.3 is 0 Å². The second-order valence-corrected chi connectivity index (χ2v) is 9.23. The van der Waals surface area contributed by atoms with Crippen molar-refractivity contribution in [2.24, 2.45) is 4.99 Å². The van der Waals surface area contributed by atoms with Crippen molar-refractivity contribution in [3.05, 3.63) is 132 Å². The van der Waals surface area contributed by atoms with Gasteiger partial charge in [0.25, 0.3) is 0 Å². The minimum Gasteiger partial charge on any atom is -0.312 e. The molecule has 1 saturated heterocycles. The van der Waals surface area contributed by atoms with Crippen LogP contribution in [0.25, 0.3) is 0 Å². The number of nitrogens with one attached hydrogen (secondary N) is 1. The van der Waals surface area contributed by atoms with E-state index in [-0.39, 0.29) is 11.3 Å². The molecule has 0 spiro atoms. The number of anilines is 1. The van der Waals surface area contributed by atoms with Gasteiger partial charge < -0.3 is 4.90 Å². The minimum absolute atomic E-state index is 0.0381. The van der Waals surface area contributed by atoms with Crippen molar-refractivity contribution in [1.82, 2.24) is 0 Å². The zero-order valence-electron chi connectivity index (χ0n) is 18.4. The molecule has 1 fully saturated rings. The van der Waals surface area contributed by atoms with E-state index < -0.39 is 0 Å². The quantitative estimate of drug-likeness (QED) is 0.323. The van der Waals surface area contributed by atoms with Crippen LogP contribution in [-0.2, 0) is 0 Å². The molecule has 4 aromatic carbocycles. The van der Waals surface area contributed by atoms with Crippen LogP contribution >= 0.6 is 11.8 Å². The SMILES string of the molecule is Cc1ccc(N=C(c2ccccc2)[C@@H]2SC(=N)N(c3ccccc3)[C@H]2c2ccccc2)cc1. The largest absolute Gasteiger partial charge is 0.312 e. The van der Waals surface area contributed by atoms with Crippen molar-refractivity contribution < 1.29 is 0 Å². The summed E-state index contributed by atoms with van der Waals surface area (Å²) in [7, 11) is 0. The van der Waals surface area contributed by atoms with Gasteiger partial charge in [0.1, 0.15) is 0 Å². The smallest absolute Gasteiger partial charge is 0.162 e. The summed E-state index contributed by atoms with van der Waals surface area (Å²) in [6.07, 6.45) is 0. The number of para-hydroxylation sites is 1. The van der Waals surface area contributed by atoms with Gasteiger partial charge in [0.2, 0.25) is 0 Å². The van der Waals surface area contributed by atoms with Crippen LogP contribution < -0.4 is 4.90 Å². The first-order valence-corrected chi connectivity index (χ1v) is 11.9. The van der Waals surface area contributed by atoms with Crippen molar-refractivity contribution in [1.29, 1.82) is 5.41 Å². The van der Waals surface area contributed by atoms with Crippen molar-refractivity contribution in [2.75, 3.05) is 4.90 Å². The molecular formula is C29H25N3S. The maximum Gasteiger partial charge on any atom is 0.162 e. The molecule has 162 valence electrons. The molecule has 1 aliphatic rings. The molecule has 3 nitrogen and oxygen atoms in total. The molecule has 1 aliphatic heterocycles. The highest BCUT2D eigenvalue weighted by molar-refractivity contribution is 8.15. The molecule has 1 N–H and O–H groups in total. The second-order valence-electron chi connectivity index (χ2n) is 8.10. The van der Waals surface area contributed by atoms with Crippen molar-refractivity contribution in [3.8, 4) is 0 Å². The number of thioether (sulfide) groups is 1. The van der Waals surface area contributed by atoms with Crippen LogP contribution in [0.15, 0.2) is 120 Å². The minimum atomic E-state index is -0.0458. The van der Waals surface area contributed by atoms with Crippen molar-refractivity contribution in [3.63, 3.8) is 0 Å². The van der Waals surface area contributed by atoms with Gasteiger partial charge in [-0.05, 0) is 42.3 Å². The van der Waals surface area contributed by atoms with E-state index in [1.807, 2.05) is 30.3 Å². The first kappa shape index (κ1) is 21.2. The summed E-state index contributed by atoms with van der Waals surface area (Å²) in [5.74, 6) is 0. The molecule has 0 amide bonds. The summed E-state index contributed by atoms with van der Waals surface area (Å²) >= 11 is 1.58. The van der Waals surface area contributed by atoms with E-state index in [2.05, 4.69) is 96.8 Å². The third-order valence-corrected chi connectivity index (χ3v) is 6.98. The Morgan fingerprint density at radius 3 is 1.97 bits per heavy atom. The number of rotatable bonds is 5. The number of aliphatic imine (C=N–C) groups is 1. The van der Waals surface area contributed by atoms with E-state index in [0.29, 0.717) is 5.17 Å². The first-order valence-electron chi connectivity index (χ1n) is 11.1. The van der Waals surface area contributed by atoms with E-state index in [4.69, 9.17) is 10.4 Å². The summed E-state index contributed by atoms with van der Waals surface area (Å²) in [6, 6.07) is 39.4. The summed E-state index contributed by atoms with van der Waals surface area (Å²) in [6.45, 7) is 2.09. The fourth-order valence-corrected chi connectivity index (χ4v) is 5.49. The van der Waals surface area contributed by atoms with Gasteiger partial charge in [-0.1, -0.05) is 108 Å². The molecular weight excluding hydrogens is 422 g/mol. The Balaban J connectivity index is 1.67. The lowest BCUT2D eigenvalue weighted by Crippen LogP contribution is -2.33. The van der Waals surface area contributed by atoms with Crippen molar-refractivity contribution >= 4 is 34.0 Å². The molecule has 33 heavy (non-hydrogen) atoms. The van der Waals surface area contributed by atoms with Gasteiger partial charge in [0.15, 0.2) is 5.17 Å². The Bertz CT molecular complexity index is 1250. The van der Waals surface area contributed by atoms with Crippen LogP contribution in [0.2, 0.25) is 0 Å². The highest BCUT2D eigenvalue weighted by Gasteiger charge is 2.43. The van der Waals surface area contributed by atoms with Crippen LogP contribution in [0, 0.1) is 12.3 Å². The molecule has 0 unspecified atom stereocenters. The lowest BCUT2D eigenvalue weighted by Gasteiger charge is -2.29. The van der Waals surface area contributed by atoms with Crippen LogP contribution in [0.3, 0.4) is 0 Å². The van der Waals surface area contributed by atoms with Crippen LogP contribution in [0.5, 0.6) is 0 Å². The Morgan fingerprint density at radius 1 is 0.758 bits per heavy atom. The standard InChI is InChI=1S/C29H25N3S/c1-21-17-19-24(20-18-21)31-26(22-11-5-2-6-12-22)28-27(23-13-7-3-8-14-23)32(29(30)33-28)25-15-9-4-10-16-25/h2-20,27-28,30H,1H3/t27-,28-/m0/s1. The molecule has 1 heterocycles. The van der Waals surface area contributed by atoms with E-state index in [1.54, 1.807) is 11.8 Å². The zero-order valence-corrected chi connectivity index (χ0v) is 19.2. The summed E-state index contributed by atoms with van der Waals surface area (Å²) in [5.41, 5.74) is 6.41. The number of hydrogen-bond donors (Lipinski definition) is 1. The highest BCUT2D eigenvalue weighted by atomic mass is 32.2. The highest BCUT2D eigenvalue weighted by Crippen LogP contribution is 2.45. The lowest BCUT2D eigenvalue weighted by molar-refractivity contribution is 0.775. The molecule has 5 rings (SSSR count). The maximum absolute atomic E-state index is 8.95. The molecule has 4 aromatic rings. The van der Waals surface area contributed by atoms with Gasteiger partial charge in [-0.15, -0.1) is 0 Å². The second kappa shape index (κ2) is 9.47. The van der Waals surface area contributed by atoms with Crippen LogP contribution in [0.4, 0.5) is 11.4 Å². The van der Waals surface area contributed by atoms with Crippen molar-refractivity contribution in [2.45, 2.75) is 18.2 Å². The number of amidine groups is 1. The third-order valence-electron chi connectivity index (χ3n) is 5.82. The van der Waals surface area contributed by atoms with Gasteiger partial charge in [-0.25, -0.2) is 0 Å². The fraction of sp³-hybridized carbons (Fsp3) is 0.103. The van der Waals surface area contributed by atoms with Gasteiger partial charge in [-0.3, -0.25) is 10.4 Å². The van der Waals surface area contributed by atoms with E-state index in [0.717, 1.165) is 22.6 Å². The molecule has 0 bridgehead atoms. The fourth-order valence-electron chi connectivity index (χ4n) is 4.21. The Labute approximate surface area is 199 Å². The predicted molar refractivity (Wildman–Crippen MR) is 141 cm³/mol. The Kier molecular flexibility index (Phi) is 6.09. The average molecular weight is 448 g/mol. The third kappa shape index (κ3) is 4.48. The van der Waals surface area contributed by atoms with Gasteiger partial charge in [-0.2, -0.15) is 0 Å². The number of nitrogens with zero attached hydrogens (tertiary/aromatic N) is 2. The summed E-state index contributed by atoms with van der Waals surface area (Å²) in [4.78, 5) is 7.30. The van der Waals surface area contributed by atoms with Gasteiger partial charge in [0.05, 0.1) is 22.7 Å². The summed E-state index contributed by atoms with van der Waals surface area (Å²) < 4.78 is 0. The van der Waals surface area contributed by atoms with E-state index in [1.165, 1.54) is 11.1 Å². The Hall–Kier alpha value is -3.63. The van der Waals surface area contributed by atoms with Gasteiger partial charge in [0, 0.05) is 5.69 Å². The average Bonchev–Trinajstić information content (AvgIpc) is 3.22. The molecule has 4 heteroatoms. The molecule has 0 saturated carbocycles.